The van der Waals surface area contributed by atoms with E-state index in [2.05, 4.69) is 16.3 Å². The molecule has 1 saturated carbocycles. The Labute approximate surface area is 179 Å². The lowest BCUT2D eigenvalue weighted by atomic mass is 9.86. The number of hydroxylamine groups is 1. The molecule has 1 unspecified atom stereocenters. The Balaban J connectivity index is 2.06. The summed E-state index contributed by atoms with van der Waals surface area (Å²) in [4.78, 5) is 28.7. The fourth-order valence-corrected chi connectivity index (χ4v) is 4.75. The molecule has 1 aliphatic carbocycles. The quantitative estimate of drug-likeness (QED) is 0.284. The van der Waals surface area contributed by atoms with Gasteiger partial charge in [0.25, 0.3) is 5.56 Å². The zero-order valence-corrected chi connectivity index (χ0v) is 17.9. The van der Waals surface area contributed by atoms with Crippen molar-refractivity contribution in [2.45, 2.75) is 43.5 Å². The molecular formula is C19H26N6O5S. The summed E-state index contributed by atoms with van der Waals surface area (Å²) in [6, 6.07) is 0.749. The lowest BCUT2D eigenvalue weighted by molar-refractivity contribution is -0.128. The second kappa shape index (κ2) is 8.65. The van der Waals surface area contributed by atoms with Crippen molar-refractivity contribution >= 4 is 33.2 Å². The van der Waals surface area contributed by atoms with Gasteiger partial charge in [-0.2, -0.15) is 0 Å². The molecule has 11 nitrogen and oxygen atoms in total. The fraction of sp³-hybridized carbons (Fsp3) is 0.421. The predicted octanol–water partition coefficient (Wildman–Crippen LogP) is -0.0690. The van der Waals surface area contributed by atoms with Crippen LogP contribution in [0.25, 0.3) is 5.70 Å². The maximum absolute atomic E-state index is 13.0. The van der Waals surface area contributed by atoms with Crippen LogP contribution in [0.4, 0.5) is 5.69 Å². The molecule has 0 aromatic carbocycles. The first-order valence-corrected chi connectivity index (χ1v) is 11.2. The first-order valence-electron chi connectivity index (χ1n) is 9.76. The molecule has 0 bridgehead atoms. The number of nitrogens with zero attached hydrogens (tertiary/aromatic N) is 2. The summed E-state index contributed by atoms with van der Waals surface area (Å²) in [6.07, 6.45) is 3.88. The number of carbonyl (C=O) groups excluding carboxylic acids is 1. The highest BCUT2D eigenvalue weighted by atomic mass is 32.2. The number of carbonyl (C=O) groups is 1. The zero-order chi connectivity index (χ0) is 22.9. The first-order chi connectivity index (χ1) is 14.6. The van der Waals surface area contributed by atoms with Crippen molar-refractivity contribution in [3.05, 3.63) is 40.3 Å². The SMILES string of the molecule is C=C1C(CC(=O)NO)=C(n2ccc(S(=O)(=O)NCC3CCC3)c(N)c2=O)C(N)=NC1C. The van der Waals surface area contributed by atoms with Crippen LogP contribution in [0.2, 0.25) is 0 Å². The van der Waals surface area contributed by atoms with E-state index in [1.807, 2.05) is 0 Å². The fourth-order valence-electron chi connectivity index (χ4n) is 3.52. The van der Waals surface area contributed by atoms with Crippen molar-refractivity contribution in [1.82, 2.24) is 14.8 Å². The Morgan fingerprint density at radius 1 is 1.39 bits per heavy atom. The van der Waals surface area contributed by atoms with Gasteiger partial charge in [-0.3, -0.25) is 24.4 Å². The largest absolute Gasteiger partial charge is 0.393 e. The van der Waals surface area contributed by atoms with Crippen LogP contribution in [0.5, 0.6) is 0 Å². The summed E-state index contributed by atoms with van der Waals surface area (Å²) in [7, 11) is -3.98. The van der Waals surface area contributed by atoms with Crippen molar-refractivity contribution < 1.29 is 18.4 Å². The van der Waals surface area contributed by atoms with Gasteiger partial charge in [-0.1, -0.05) is 13.0 Å². The van der Waals surface area contributed by atoms with Crippen LogP contribution >= 0.6 is 0 Å². The van der Waals surface area contributed by atoms with Gasteiger partial charge in [0.15, 0.2) is 0 Å². The van der Waals surface area contributed by atoms with Gasteiger partial charge in [0.1, 0.15) is 16.4 Å². The monoisotopic (exact) mass is 450 g/mol. The third kappa shape index (κ3) is 4.40. The molecule has 1 fully saturated rings. The third-order valence-corrected chi connectivity index (χ3v) is 7.10. The van der Waals surface area contributed by atoms with Crippen molar-refractivity contribution in [3.8, 4) is 0 Å². The van der Waals surface area contributed by atoms with Gasteiger partial charge in [0.2, 0.25) is 15.9 Å². The van der Waals surface area contributed by atoms with E-state index in [-0.39, 0.29) is 40.9 Å². The zero-order valence-electron chi connectivity index (χ0n) is 17.1. The average molecular weight is 451 g/mol. The van der Waals surface area contributed by atoms with Crippen molar-refractivity contribution in [3.63, 3.8) is 0 Å². The minimum atomic E-state index is -3.98. The van der Waals surface area contributed by atoms with Crippen LogP contribution in [0.15, 0.2) is 44.7 Å². The maximum Gasteiger partial charge on any atom is 0.279 e. The second-order valence-electron chi connectivity index (χ2n) is 7.67. The van der Waals surface area contributed by atoms with Gasteiger partial charge in [-0.15, -0.1) is 0 Å². The van der Waals surface area contributed by atoms with E-state index in [9.17, 15) is 18.0 Å². The van der Waals surface area contributed by atoms with E-state index >= 15 is 0 Å². The average Bonchev–Trinajstić information content (AvgIpc) is 2.67. The number of hydrogen-bond acceptors (Lipinski definition) is 8. The molecule has 31 heavy (non-hydrogen) atoms. The van der Waals surface area contributed by atoms with Gasteiger partial charge in [-0.05, 0) is 42.9 Å². The molecule has 3 rings (SSSR count). The third-order valence-electron chi connectivity index (χ3n) is 5.62. The Bertz CT molecular complexity index is 1150. The van der Waals surface area contributed by atoms with E-state index in [4.69, 9.17) is 16.7 Å². The van der Waals surface area contributed by atoms with Crippen LogP contribution in [-0.2, 0) is 14.8 Å². The number of hydrogen-bond donors (Lipinski definition) is 5. The number of amides is 1. The number of anilines is 1. The van der Waals surface area contributed by atoms with Gasteiger partial charge in [-0.25, -0.2) is 18.6 Å². The number of nitrogens with two attached hydrogens (primary N) is 2. The van der Waals surface area contributed by atoms with Gasteiger partial charge in [0, 0.05) is 12.7 Å². The molecule has 7 N–H and O–H groups in total. The van der Waals surface area contributed by atoms with Crippen molar-refractivity contribution in [1.29, 1.82) is 0 Å². The lowest BCUT2D eigenvalue weighted by Gasteiger charge is -2.26. The highest BCUT2D eigenvalue weighted by Crippen LogP contribution is 2.30. The number of nitrogens with one attached hydrogen (secondary N) is 2. The minimum Gasteiger partial charge on any atom is -0.393 e. The molecule has 1 amide bonds. The summed E-state index contributed by atoms with van der Waals surface area (Å²) < 4.78 is 28.8. The number of aliphatic imine (C=N–C) groups is 1. The van der Waals surface area contributed by atoms with Gasteiger partial charge < -0.3 is 11.5 Å². The Morgan fingerprint density at radius 2 is 2.06 bits per heavy atom. The molecule has 1 atom stereocenters. The predicted molar refractivity (Wildman–Crippen MR) is 116 cm³/mol. The topological polar surface area (TPSA) is 182 Å². The van der Waals surface area contributed by atoms with E-state index < -0.39 is 33.2 Å². The number of dihydropyridines is 1. The highest BCUT2D eigenvalue weighted by Gasteiger charge is 2.29. The Kier molecular flexibility index (Phi) is 6.34. The highest BCUT2D eigenvalue weighted by molar-refractivity contribution is 7.89. The van der Waals surface area contributed by atoms with E-state index in [0.717, 1.165) is 23.8 Å². The molecular weight excluding hydrogens is 424 g/mol. The Hall–Kier alpha value is -2.96. The number of nitrogen functional groups attached to an aromatic ring is 1. The molecule has 0 saturated heterocycles. The van der Waals surface area contributed by atoms with Crippen LogP contribution in [0, 0.1) is 5.92 Å². The van der Waals surface area contributed by atoms with E-state index in [1.54, 1.807) is 6.92 Å². The number of amidine groups is 1. The molecule has 0 radical (unpaired) electrons. The molecule has 168 valence electrons. The van der Waals surface area contributed by atoms with Crippen molar-refractivity contribution in [2.24, 2.45) is 16.6 Å². The molecule has 2 aliphatic rings. The Morgan fingerprint density at radius 3 is 2.65 bits per heavy atom. The van der Waals surface area contributed by atoms with E-state index in [0.29, 0.717) is 5.57 Å². The standard InChI is InChI=1S/C19H26N6O5S/c1-10-11(2)23-18(21)17(13(10)8-15(26)24-28)25-7-6-14(16(20)19(25)27)31(29,30)22-9-12-4-3-5-12/h6-7,11-12,22,28H,1,3-5,8-9,20H2,2H3,(H2,21,23)(H,24,26). The molecule has 1 aromatic rings. The molecule has 1 aromatic heterocycles. The second-order valence-corrected chi connectivity index (χ2v) is 9.41. The summed E-state index contributed by atoms with van der Waals surface area (Å²) in [5, 5.41) is 8.90. The lowest BCUT2D eigenvalue weighted by Crippen LogP contribution is -2.37. The number of rotatable bonds is 7. The van der Waals surface area contributed by atoms with Crippen LogP contribution in [-0.4, -0.2) is 42.5 Å². The van der Waals surface area contributed by atoms with Crippen LogP contribution in [0.1, 0.15) is 32.6 Å². The normalized spacial score (nSPS) is 19.7. The molecule has 12 heteroatoms. The molecule has 1 aliphatic heterocycles. The van der Waals surface area contributed by atoms with Crippen molar-refractivity contribution in [2.75, 3.05) is 12.3 Å². The maximum atomic E-state index is 13.0. The molecule has 2 heterocycles. The summed E-state index contributed by atoms with van der Waals surface area (Å²) in [5.41, 5.74) is 12.9. The summed E-state index contributed by atoms with van der Waals surface area (Å²) >= 11 is 0. The van der Waals surface area contributed by atoms with Crippen LogP contribution in [0.3, 0.4) is 0 Å². The smallest absolute Gasteiger partial charge is 0.279 e. The van der Waals surface area contributed by atoms with Crippen LogP contribution < -0.4 is 27.2 Å². The summed E-state index contributed by atoms with van der Waals surface area (Å²) in [6.45, 7) is 5.90. The van der Waals surface area contributed by atoms with E-state index in [1.165, 1.54) is 17.7 Å². The first kappa shape index (κ1) is 22.7. The van der Waals surface area contributed by atoms with Gasteiger partial charge in [0.05, 0.1) is 18.2 Å². The number of aromatic nitrogens is 1. The summed E-state index contributed by atoms with van der Waals surface area (Å²) in [5.74, 6) is -0.496. The number of pyridine rings is 1. The van der Waals surface area contributed by atoms with Gasteiger partial charge >= 0.3 is 0 Å². The number of sulfonamides is 1. The minimum absolute atomic E-state index is 0.0409. The molecule has 0 spiro atoms.